The molecule has 2 rings (SSSR count). The van der Waals surface area contributed by atoms with Gasteiger partial charge in [0, 0.05) is 18.7 Å². The largest absolute Gasteiger partial charge is 0.494 e. The molecule has 5 heteroatoms. The number of hydrogen-bond acceptors (Lipinski definition) is 3. The van der Waals surface area contributed by atoms with Gasteiger partial charge in [-0.15, -0.1) is 12.4 Å². The fraction of sp³-hybridized carbons (Fsp3) is 0.316. The van der Waals surface area contributed by atoms with Crippen molar-refractivity contribution in [2.24, 2.45) is 5.73 Å². The van der Waals surface area contributed by atoms with E-state index in [0.717, 1.165) is 17.7 Å². The van der Waals surface area contributed by atoms with Crippen molar-refractivity contribution in [3.8, 4) is 5.75 Å². The van der Waals surface area contributed by atoms with Crippen LogP contribution in [0.25, 0.3) is 0 Å². The van der Waals surface area contributed by atoms with Crippen LogP contribution in [-0.4, -0.2) is 30.5 Å². The van der Waals surface area contributed by atoms with Gasteiger partial charge in [0.1, 0.15) is 5.75 Å². The second kappa shape index (κ2) is 10.7. The van der Waals surface area contributed by atoms with E-state index in [1.807, 2.05) is 66.4 Å². The van der Waals surface area contributed by atoms with Gasteiger partial charge in [0.15, 0.2) is 0 Å². The second-order valence-electron chi connectivity index (χ2n) is 5.31. The molecule has 0 bridgehead atoms. The van der Waals surface area contributed by atoms with Gasteiger partial charge in [-0.2, -0.15) is 0 Å². The number of hydrogen-bond donors (Lipinski definition) is 1. The summed E-state index contributed by atoms with van der Waals surface area (Å²) in [5.41, 5.74) is 7.39. The van der Waals surface area contributed by atoms with E-state index in [1.165, 1.54) is 0 Å². The van der Waals surface area contributed by atoms with Crippen LogP contribution in [0.15, 0.2) is 54.6 Å². The Morgan fingerprint density at radius 3 is 2.33 bits per heavy atom. The third kappa shape index (κ3) is 5.87. The summed E-state index contributed by atoms with van der Waals surface area (Å²) in [6.45, 7) is 4.36. The van der Waals surface area contributed by atoms with Crippen LogP contribution in [-0.2, 0) is 6.54 Å². The Morgan fingerprint density at radius 2 is 1.75 bits per heavy atom. The highest BCUT2D eigenvalue weighted by Crippen LogP contribution is 2.15. The van der Waals surface area contributed by atoms with Crippen LogP contribution in [0.5, 0.6) is 5.75 Å². The van der Waals surface area contributed by atoms with Crippen LogP contribution >= 0.6 is 12.4 Å². The Kier molecular flexibility index (Phi) is 8.90. The summed E-state index contributed by atoms with van der Waals surface area (Å²) in [6.07, 6.45) is 0.787. The molecule has 0 heterocycles. The topological polar surface area (TPSA) is 55.6 Å². The lowest BCUT2D eigenvalue weighted by Crippen LogP contribution is -2.32. The molecule has 0 aliphatic heterocycles. The number of nitrogens with zero attached hydrogens (tertiary/aromatic N) is 1. The molecule has 24 heavy (non-hydrogen) atoms. The van der Waals surface area contributed by atoms with E-state index in [4.69, 9.17) is 10.5 Å². The molecule has 4 nitrogen and oxygen atoms in total. The first-order chi connectivity index (χ1) is 11.2. The monoisotopic (exact) mass is 348 g/mol. The zero-order valence-electron chi connectivity index (χ0n) is 14.0. The highest BCUT2D eigenvalue weighted by atomic mass is 35.5. The number of halogens is 1. The van der Waals surface area contributed by atoms with Gasteiger partial charge in [-0.1, -0.05) is 30.3 Å². The van der Waals surface area contributed by atoms with Crippen molar-refractivity contribution in [1.29, 1.82) is 0 Å². The first kappa shape index (κ1) is 20.0. The molecule has 0 spiro atoms. The van der Waals surface area contributed by atoms with Crippen molar-refractivity contribution < 1.29 is 9.53 Å². The van der Waals surface area contributed by atoms with Gasteiger partial charge in [0.2, 0.25) is 0 Å². The number of amides is 1. The van der Waals surface area contributed by atoms with Gasteiger partial charge < -0.3 is 15.4 Å². The second-order valence-corrected chi connectivity index (χ2v) is 5.31. The van der Waals surface area contributed by atoms with Crippen LogP contribution in [0.4, 0.5) is 0 Å². The van der Waals surface area contributed by atoms with E-state index in [1.54, 1.807) is 0 Å². The standard InChI is InChI=1S/C19H24N2O2.ClH/c1-2-23-18-11-9-17(10-12-18)19(22)21(14-6-13-20)15-16-7-4-3-5-8-16;/h3-5,7-12H,2,6,13-15,20H2,1H3;1H. The Bertz CT molecular complexity index is 603. The zero-order valence-corrected chi connectivity index (χ0v) is 14.8. The summed E-state index contributed by atoms with van der Waals surface area (Å²) in [5, 5.41) is 0. The molecule has 0 saturated heterocycles. The van der Waals surface area contributed by atoms with Crippen LogP contribution in [0.2, 0.25) is 0 Å². The minimum atomic E-state index is 0. The van der Waals surface area contributed by atoms with E-state index in [9.17, 15) is 4.79 Å². The number of carbonyl (C=O) groups is 1. The zero-order chi connectivity index (χ0) is 16.5. The summed E-state index contributed by atoms with van der Waals surface area (Å²) in [7, 11) is 0. The molecule has 2 N–H and O–H groups in total. The molecule has 2 aromatic carbocycles. The minimum absolute atomic E-state index is 0. The highest BCUT2D eigenvalue weighted by Gasteiger charge is 2.15. The lowest BCUT2D eigenvalue weighted by Gasteiger charge is -2.23. The van der Waals surface area contributed by atoms with Gasteiger partial charge in [-0.25, -0.2) is 0 Å². The molecule has 0 unspecified atom stereocenters. The van der Waals surface area contributed by atoms with Gasteiger partial charge in [0.05, 0.1) is 6.61 Å². The number of nitrogens with two attached hydrogens (primary N) is 1. The van der Waals surface area contributed by atoms with E-state index in [0.29, 0.717) is 31.8 Å². The lowest BCUT2D eigenvalue weighted by molar-refractivity contribution is 0.0742. The average molecular weight is 349 g/mol. The summed E-state index contributed by atoms with van der Waals surface area (Å²) in [6, 6.07) is 17.3. The molecule has 0 aliphatic rings. The maximum Gasteiger partial charge on any atom is 0.254 e. The molecule has 130 valence electrons. The van der Waals surface area contributed by atoms with Gasteiger partial charge in [0.25, 0.3) is 5.91 Å². The molecule has 1 amide bonds. The van der Waals surface area contributed by atoms with Crippen LogP contribution < -0.4 is 10.5 Å². The predicted molar refractivity (Wildman–Crippen MR) is 99.7 cm³/mol. The average Bonchev–Trinajstić information content (AvgIpc) is 2.60. The van der Waals surface area contributed by atoms with Crippen molar-refractivity contribution in [1.82, 2.24) is 4.90 Å². The Morgan fingerprint density at radius 1 is 1.08 bits per heavy atom. The SMILES string of the molecule is CCOc1ccc(C(=O)N(CCCN)Cc2ccccc2)cc1.Cl. The molecule has 0 aliphatic carbocycles. The van der Waals surface area contributed by atoms with Crippen molar-refractivity contribution in [2.75, 3.05) is 19.7 Å². The van der Waals surface area contributed by atoms with Gasteiger partial charge >= 0.3 is 0 Å². The number of carbonyl (C=O) groups excluding carboxylic acids is 1. The van der Waals surface area contributed by atoms with Gasteiger partial charge in [-0.05, 0) is 49.7 Å². The first-order valence-electron chi connectivity index (χ1n) is 8.00. The maximum absolute atomic E-state index is 12.8. The third-order valence-corrected chi connectivity index (χ3v) is 3.55. The molecule has 0 radical (unpaired) electrons. The summed E-state index contributed by atoms with van der Waals surface area (Å²) in [4.78, 5) is 14.6. The molecule has 2 aromatic rings. The first-order valence-corrected chi connectivity index (χ1v) is 8.00. The smallest absolute Gasteiger partial charge is 0.254 e. The summed E-state index contributed by atoms with van der Waals surface area (Å²) >= 11 is 0. The Balaban J connectivity index is 0.00000288. The van der Waals surface area contributed by atoms with Crippen molar-refractivity contribution in [2.45, 2.75) is 19.9 Å². The predicted octanol–water partition coefficient (Wildman–Crippen LogP) is 3.50. The quantitative estimate of drug-likeness (QED) is 0.794. The van der Waals surface area contributed by atoms with Crippen LogP contribution in [0.3, 0.4) is 0 Å². The van der Waals surface area contributed by atoms with E-state index < -0.39 is 0 Å². The molecular weight excluding hydrogens is 324 g/mol. The number of rotatable bonds is 8. The van der Waals surface area contributed by atoms with E-state index in [2.05, 4.69) is 0 Å². The molecule has 0 atom stereocenters. The maximum atomic E-state index is 12.8. The Hall–Kier alpha value is -2.04. The Labute approximate surface area is 150 Å². The molecular formula is C19H25ClN2O2. The van der Waals surface area contributed by atoms with Gasteiger partial charge in [-0.3, -0.25) is 4.79 Å². The lowest BCUT2D eigenvalue weighted by atomic mass is 10.1. The van der Waals surface area contributed by atoms with E-state index in [-0.39, 0.29) is 18.3 Å². The van der Waals surface area contributed by atoms with Crippen molar-refractivity contribution >= 4 is 18.3 Å². The molecule has 0 saturated carbocycles. The van der Waals surface area contributed by atoms with Crippen molar-refractivity contribution in [3.05, 3.63) is 65.7 Å². The number of benzene rings is 2. The number of ether oxygens (including phenoxy) is 1. The fourth-order valence-electron chi connectivity index (χ4n) is 2.38. The molecule has 0 fully saturated rings. The summed E-state index contributed by atoms with van der Waals surface area (Å²) < 4.78 is 5.42. The van der Waals surface area contributed by atoms with Crippen LogP contribution in [0, 0.1) is 0 Å². The van der Waals surface area contributed by atoms with Crippen LogP contribution in [0.1, 0.15) is 29.3 Å². The van der Waals surface area contributed by atoms with Crippen molar-refractivity contribution in [3.63, 3.8) is 0 Å². The van der Waals surface area contributed by atoms with E-state index >= 15 is 0 Å². The minimum Gasteiger partial charge on any atom is -0.494 e. The molecule has 0 aromatic heterocycles. The fourth-order valence-corrected chi connectivity index (χ4v) is 2.38. The highest BCUT2D eigenvalue weighted by molar-refractivity contribution is 5.94. The summed E-state index contributed by atoms with van der Waals surface area (Å²) in [5.74, 6) is 0.797. The third-order valence-electron chi connectivity index (χ3n) is 3.55. The normalized spacial score (nSPS) is 9.92.